The van der Waals surface area contributed by atoms with Crippen LogP contribution in [-0.4, -0.2) is 12.9 Å². The Bertz CT molecular complexity index is 467. The van der Waals surface area contributed by atoms with Crippen LogP contribution in [0.5, 0.6) is 5.75 Å². The van der Waals surface area contributed by atoms with E-state index in [1.54, 1.807) is 7.11 Å². The number of ketones is 1. The van der Waals surface area contributed by atoms with Crippen LogP contribution in [0.15, 0.2) is 36.9 Å². The Labute approximate surface area is 134 Å². The first-order valence-corrected chi connectivity index (χ1v) is 8.51. The average molecular weight is 300 g/mol. The molecule has 1 fully saturated rings. The molecule has 2 heteroatoms. The lowest BCUT2D eigenvalue weighted by atomic mass is 9.78. The minimum atomic E-state index is 0.253. The van der Waals surface area contributed by atoms with Gasteiger partial charge in [0.1, 0.15) is 5.75 Å². The number of allylic oxidation sites excluding steroid dienone is 1. The molecular weight excluding hydrogens is 272 g/mol. The van der Waals surface area contributed by atoms with E-state index in [4.69, 9.17) is 4.74 Å². The predicted octanol–water partition coefficient (Wildman–Crippen LogP) is 5.43. The van der Waals surface area contributed by atoms with E-state index in [1.807, 2.05) is 24.3 Å². The Morgan fingerprint density at radius 3 is 2.41 bits per heavy atom. The van der Waals surface area contributed by atoms with Crippen LogP contribution in [-0.2, 0) is 0 Å². The monoisotopic (exact) mass is 300 g/mol. The molecule has 0 aromatic heterocycles. The third-order valence-corrected chi connectivity index (χ3v) is 4.89. The molecule has 2 rings (SSSR count). The summed E-state index contributed by atoms with van der Waals surface area (Å²) in [6, 6.07) is 7.44. The molecule has 0 bridgehead atoms. The Kier molecular flexibility index (Phi) is 6.70. The lowest BCUT2D eigenvalue weighted by molar-refractivity contribution is 0.0976. The van der Waals surface area contributed by atoms with Gasteiger partial charge < -0.3 is 4.74 Å². The minimum Gasteiger partial charge on any atom is -0.497 e. The molecule has 0 spiro atoms. The molecule has 1 aromatic rings. The van der Waals surface area contributed by atoms with Gasteiger partial charge in [-0.1, -0.05) is 25.3 Å². The van der Waals surface area contributed by atoms with Gasteiger partial charge >= 0.3 is 0 Å². The van der Waals surface area contributed by atoms with Crippen molar-refractivity contribution in [1.29, 1.82) is 0 Å². The fourth-order valence-electron chi connectivity index (χ4n) is 3.46. The van der Waals surface area contributed by atoms with Crippen molar-refractivity contribution >= 4 is 5.78 Å². The van der Waals surface area contributed by atoms with Crippen LogP contribution in [0.4, 0.5) is 0 Å². The number of carbonyl (C=O) groups excluding carboxylic acids is 1. The number of methoxy groups -OCH3 is 1. The topological polar surface area (TPSA) is 26.3 Å². The standard InChI is InChI=1S/C20H28O2/c1-3-5-16-8-10-17(11-9-16)6-4-7-20(21)18-12-14-19(22-2)15-13-18/h3,12-17H,1,4-11H2,2H3/t16-,17-. The zero-order valence-corrected chi connectivity index (χ0v) is 13.7. The van der Waals surface area contributed by atoms with Gasteiger partial charge in [0.15, 0.2) is 5.78 Å². The van der Waals surface area contributed by atoms with Gasteiger partial charge in [-0.05, 0) is 61.8 Å². The van der Waals surface area contributed by atoms with Crippen LogP contribution >= 0.6 is 0 Å². The van der Waals surface area contributed by atoms with E-state index in [-0.39, 0.29) is 5.78 Å². The number of hydrogen-bond acceptors (Lipinski definition) is 2. The molecule has 0 unspecified atom stereocenters. The largest absolute Gasteiger partial charge is 0.497 e. The van der Waals surface area contributed by atoms with Crippen molar-refractivity contribution in [3.8, 4) is 5.75 Å². The van der Waals surface area contributed by atoms with Gasteiger partial charge in [-0.15, -0.1) is 6.58 Å². The lowest BCUT2D eigenvalue weighted by Crippen LogP contribution is -2.14. The molecule has 0 amide bonds. The summed E-state index contributed by atoms with van der Waals surface area (Å²) in [6.45, 7) is 3.84. The number of Topliss-reactive ketones (excluding diaryl/α,β-unsaturated/α-hetero) is 1. The third-order valence-electron chi connectivity index (χ3n) is 4.89. The van der Waals surface area contributed by atoms with Gasteiger partial charge in [0.25, 0.3) is 0 Å². The Morgan fingerprint density at radius 2 is 1.82 bits per heavy atom. The predicted molar refractivity (Wildman–Crippen MR) is 91.4 cm³/mol. The average Bonchev–Trinajstić information content (AvgIpc) is 2.56. The van der Waals surface area contributed by atoms with E-state index in [9.17, 15) is 4.79 Å². The maximum atomic E-state index is 12.2. The normalized spacial score (nSPS) is 21.3. The summed E-state index contributed by atoms with van der Waals surface area (Å²) in [5.74, 6) is 2.73. The first-order chi connectivity index (χ1) is 10.7. The third kappa shape index (κ3) is 5.01. The highest BCUT2D eigenvalue weighted by Gasteiger charge is 2.20. The molecule has 0 aliphatic heterocycles. The summed E-state index contributed by atoms with van der Waals surface area (Å²) >= 11 is 0. The van der Waals surface area contributed by atoms with E-state index >= 15 is 0 Å². The minimum absolute atomic E-state index is 0.253. The molecule has 0 atom stereocenters. The summed E-state index contributed by atoms with van der Waals surface area (Å²) < 4.78 is 5.12. The molecule has 2 nitrogen and oxygen atoms in total. The lowest BCUT2D eigenvalue weighted by Gasteiger charge is -2.27. The molecule has 0 N–H and O–H groups in total. The summed E-state index contributed by atoms with van der Waals surface area (Å²) in [5, 5.41) is 0. The molecule has 0 radical (unpaired) electrons. The van der Waals surface area contributed by atoms with Crippen molar-refractivity contribution in [3.05, 3.63) is 42.5 Å². The smallest absolute Gasteiger partial charge is 0.162 e. The molecule has 0 heterocycles. The fourth-order valence-corrected chi connectivity index (χ4v) is 3.46. The summed E-state index contributed by atoms with van der Waals surface area (Å²) in [6.07, 6.45) is 11.4. The van der Waals surface area contributed by atoms with Gasteiger partial charge in [0, 0.05) is 12.0 Å². The fraction of sp³-hybridized carbons (Fsp3) is 0.550. The van der Waals surface area contributed by atoms with Gasteiger partial charge in [0.05, 0.1) is 7.11 Å². The maximum absolute atomic E-state index is 12.2. The van der Waals surface area contributed by atoms with E-state index < -0.39 is 0 Å². The molecule has 0 saturated heterocycles. The van der Waals surface area contributed by atoms with Gasteiger partial charge in [0.2, 0.25) is 0 Å². The van der Waals surface area contributed by atoms with Crippen LogP contribution in [0.1, 0.15) is 61.7 Å². The number of rotatable bonds is 8. The van der Waals surface area contributed by atoms with Crippen LogP contribution in [0.2, 0.25) is 0 Å². The highest BCUT2D eigenvalue weighted by Crippen LogP contribution is 2.33. The highest BCUT2D eigenvalue weighted by molar-refractivity contribution is 5.96. The molecule has 1 aliphatic rings. The van der Waals surface area contributed by atoms with Crippen molar-refractivity contribution < 1.29 is 9.53 Å². The van der Waals surface area contributed by atoms with Crippen molar-refractivity contribution in [2.75, 3.05) is 7.11 Å². The first-order valence-electron chi connectivity index (χ1n) is 8.51. The highest BCUT2D eigenvalue weighted by atomic mass is 16.5. The summed E-state index contributed by atoms with van der Waals surface area (Å²) in [7, 11) is 1.64. The Hall–Kier alpha value is -1.57. The van der Waals surface area contributed by atoms with E-state index in [1.165, 1.54) is 38.5 Å². The molecule has 22 heavy (non-hydrogen) atoms. The van der Waals surface area contributed by atoms with Crippen LogP contribution in [0.25, 0.3) is 0 Å². The van der Waals surface area contributed by atoms with E-state index in [0.717, 1.165) is 29.6 Å². The van der Waals surface area contributed by atoms with Crippen molar-refractivity contribution in [1.82, 2.24) is 0 Å². The molecule has 1 aliphatic carbocycles. The molecule has 120 valence electrons. The second-order valence-corrected chi connectivity index (χ2v) is 6.46. The van der Waals surface area contributed by atoms with E-state index in [2.05, 4.69) is 12.7 Å². The van der Waals surface area contributed by atoms with Crippen molar-refractivity contribution in [2.45, 2.75) is 51.4 Å². The van der Waals surface area contributed by atoms with Crippen LogP contribution in [0.3, 0.4) is 0 Å². The number of ether oxygens (including phenoxy) is 1. The van der Waals surface area contributed by atoms with E-state index in [0.29, 0.717) is 6.42 Å². The zero-order chi connectivity index (χ0) is 15.8. The molecule has 1 saturated carbocycles. The van der Waals surface area contributed by atoms with Gasteiger partial charge in [-0.3, -0.25) is 4.79 Å². The second-order valence-electron chi connectivity index (χ2n) is 6.46. The zero-order valence-electron chi connectivity index (χ0n) is 13.7. The summed E-state index contributed by atoms with van der Waals surface area (Å²) in [4.78, 5) is 12.2. The van der Waals surface area contributed by atoms with Gasteiger partial charge in [-0.25, -0.2) is 0 Å². The van der Waals surface area contributed by atoms with Crippen molar-refractivity contribution in [2.24, 2.45) is 11.8 Å². The molecular formula is C20H28O2. The van der Waals surface area contributed by atoms with Crippen LogP contribution < -0.4 is 4.74 Å². The number of benzene rings is 1. The Balaban J connectivity index is 1.67. The quantitative estimate of drug-likeness (QED) is 0.472. The van der Waals surface area contributed by atoms with Crippen LogP contribution in [0, 0.1) is 11.8 Å². The second kappa shape index (κ2) is 8.77. The van der Waals surface area contributed by atoms with Gasteiger partial charge in [-0.2, -0.15) is 0 Å². The number of carbonyl (C=O) groups is 1. The number of hydrogen-bond donors (Lipinski definition) is 0. The molecule has 1 aromatic carbocycles. The summed E-state index contributed by atoms with van der Waals surface area (Å²) in [5.41, 5.74) is 0.801. The SMILES string of the molecule is C=CC[C@H]1CC[C@H](CCCC(=O)c2ccc(OC)cc2)CC1. The first kappa shape index (κ1) is 16.8. The van der Waals surface area contributed by atoms with Crippen molar-refractivity contribution in [3.63, 3.8) is 0 Å². The maximum Gasteiger partial charge on any atom is 0.162 e. The Morgan fingerprint density at radius 1 is 1.18 bits per heavy atom.